The van der Waals surface area contributed by atoms with Crippen molar-refractivity contribution in [3.63, 3.8) is 0 Å². The number of hydrogen-bond donors (Lipinski definition) is 1. The van der Waals surface area contributed by atoms with Gasteiger partial charge in [-0.05, 0) is 29.2 Å². The monoisotopic (exact) mass is 273 g/mol. The van der Waals surface area contributed by atoms with Crippen LogP contribution in [0, 0.1) is 5.21 Å². The minimum absolute atomic E-state index is 0. The molecule has 6 nitrogen and oxygen atoms in total. The molecule has 1 aromatic carbocycles. The van der Waals surface area contributed by atoms with E-state index in [-0.39, 0.29) is 33.8 Å². The summed E-state index contributed by atoms with van der Waals surface area (Å²) in [6.45, 7) is 0. The summed E-state index contributed by atoms with van der Waals surface area (Å²) in [5.41, 5.74) is 0.310. The summed E-state index contributed by atoms with van der Waals surface area (Å²) in [6, 6.07) is 8.24. The van der Waals surface area contributed by atoms with Crippen molar-refractivity contribution in [3.8, 4) is 0 Å². The number of allylic oxidation sites excluding steroid dienone is 4. The third-order valence-corrected chi connectivity index (χ3v) is 1.88. The molecule has 1 aliphatic rings. The lowest BCUT2D eigenvalue weighted by molar-refractivity contribution is -0.473. The predicted molar refractivity (Wildman–Crippen MR) is 68.0 cm³/mol. The maximum absolute atomic E-state index is 10.5. The van der Waals surface area contributed by atoms with Crippen LogP contribution in [0.1, 0.15) is 0 Å². The van der Waals surface area contributed by atoms with E-state index in [2.05, 4.69) is 5.28 Å². The summed E-state index contributed by atoms with van der Waals surface area (Å²) in [7, 11) is 0. The molecule has 19 heavy (non-hydrogen) atoms. The maximum atomic E-state index is 10.5. The Hall–Kier alpha value is -2.23. The van der Waals surface area contributed by atoms with Gasteiger partial charge in [0.15, 0.2) is 11.6 Å². The van der Waals surface area contributed by atoms with Gasteiger partial charge in [0.1, 0.15) is 0 Å². The summed E-state index contributed by atoms with van der Waals surface area (Å²) in [5.74, 6) is -0.241. The summed E-state index contributed by atoms with van der Waals surface area (Å²) < 4.78 is 0. The second-order valence-electron chi connectivity index (χ2n) is 3.17. The number of carbonyl (C=O) groups excluding carboxylic acids is 2. The molecule has 0 amide bonds. The van der Waals surface area contributed by atoms with Crippen molar-refractivity contribution in [2.45, 2.75) is 0 Å². The Labute approximate surface area is 120 Å². The molecular formula is C12H10AlN2O4. The van der Waals surface area contributed by atoms with Crippen LogP contribution < -0.4 is 0 Å². The topological polar surface area (TPSA) is 92.8 Å². The van der Waals surface area contributed by atoms with Gasteiger partial charge in [0, 0.05) is 29.5 Å². The quantitative estimate of drug-likeness (QED) is 0.276. The van der Waals surface area contributed by atoms with E-state index in [0.717, 1.165) is 0 Å². The second kappa shape index (κ2) is 8.80. The number of nitrogens with zero attached hydrogens (tertiary/aromatic N) is 2. The Kier molecular flexibility index (Phi) is 7.77. The van der Waals surface area contributed by atoms with Crippen LogP contribution in [0.5, 0.6) is 0 Å². The SMILES string of the molecule is O=C1C=CC(=O)C=C1.[Al].[O-][N+](=NO)c1ccccc1. The highest BCUT2D eigenvalue weighted by atomic mass is 27.0. The van der Waals surface area contributed by atoms with Crippen molar-refractivity contribution in [1.82, 2.24) is 0 Å². The summed E-state index contributed by atoms with van der Waals surface area (Å²) in [4.78, 5) is 20.7. The third kappa shape index (κ3) is 6.31. The van der Waals surface area contributed by atoms with Gasteiger partial charge in [-0.15, -0.1) is 0 Å². The Balaban J connectivity index is 0.000000331. The number of para-hydroxylation sites is 1. The first-order valence-electron chi connectivity index (χ1n) is 4.95. The molecule has 0 aliphatic heterocycles. The van der Waals surface area contributed by atoms with Gasteiger partial charge in [-0.2, -0.15) is 0 Å². The van der Waals surface area contributed by atoms with Crippen molar-refractivity contribution in [2.75, 3.05) is 0 Å². The Morgan fingerprint density at radius 2 is 1.37 bits per heavy atom. The van der Waals surface area contributed by atoms with E-state index in [4.69, 9.17) is 5.21 Å². The highest BCUT2D eigenvalue weighted by Gasteiger charge is 1.98. The molecule has 1 aliphatic carbocycles. The van der Waals surface area contributed by atoms with Crippen molar-refractivity contribution in [2.24, 2.45) is 5.28 Å². The molecule has 0 aromatic heterocycles. The summed E-state index contributed by atoms with van der Waals surface area (Å²) in [5, 5.41) is 21.0. The lowest BCUT2D eigenvalue weighted by Crippen LogP contribution is -1.97. The fourth-order valence-electron chi connectivity index (χ4n) is 1.05. The van der Waals surface area contributed by atoms with E-state index in [0.29, 0.717) is 5.69 Å². The highest BCUT2D eigenvalue weighted by Crippen LogP contribution is 2.08. The van der Waals surface area contributed by atoms with Crippen molar-refractivity contribution in [3.05, 3.63) is 59.8 Å². The first-order valence-corrected chi connectivity index (χ1v) is 4.95. The largest absolute Gasteiger partial charge is 0.592 e. The molecule has 0 atom stereocenters. The lowest BCUT2D eigenvalue weighted by atomic mass is 10.2. The van der Waals surface area contributed by atoms with Crippen LogP contribution >= 0.6 is 0 Å². The van der Waals surface area contributed by atoms with Crippen LogP contribution in [0.3, 0.4) is 0 Å². The molecule has 2 rings (SSSR count). The zero-order valence-corrected chi connectivity index (χ0v) is 11.0. The molecule has 1 aromatic rings. The van der Waals surface area contributed by atoms with Crippen LogP contribution in [-0.2, 0) is 9.59 Å². The molecule has 3 radical (unpaired) electrons. The molecule has 0 bridgehead atoms. The standard InChI is InChI=1S/C6H6N2O2.C6H4O2.Al/c9-7-8(10)6-4-2-1-3-5-6;7-5-1-2-6(8)4-3-5;/h1-5,9H;1-4H;. The molecule has 0 saturated carbocycles. The number of benzene rings is 1. The molecular weight excluding hydrogens is 263 g/mol. The Morgan fingerprint density at radius 1 is 0.947 bits per heavy atom. The molecule has 1 N–H and O–H groups in total. The number of hydrogen-bond acceptors (Lipinski definition) is 4. The summed E-state index contributed by atoms with van der Waals surface area (Å²) in [6.07, 6.45) is 5.01. The summed E-state index contributed by atoms with van der Waals surface area (Å²) >= 11 is 0. The van der Waals surface area contributed by atoms with E-state index in [1.165, 1.54) is 24.3 Å². The molecule has 0 fully saturated rings. The van der Waals surface area contributed by atoms with Gasteiger partial charge in [-0.3, -0.25) is 9.59 Å². The highest BCUT2D eigenvalue weighted by molar-refractivity contribution is 6.14. The van der Waals surface area contributed by atoms with Crippen molar-refractivity contribution < 1.29 is 19.7 Å². The van der Waals surface area contributed by atoms with E-state index in [1.807, 2.05) is 0 Å². The molecule has 0 unspecified atom stereocenters. The molecule has 95 valence electrons. The second-order valence-corrected chi connectivity index (χ2v) is 3.17. The zero-order valence-electron chi connectivity index (χ0n) is 9.84. The van der Waals surface area contributed by atoms with Gasteiger partial charge in [-0.25, -0.2) is 0 Å². The fraction of sp³-hybridized carbons (Fsp3) is 0. The average Bonchev–Trinajstić information content (AvgIpc) is 2.43. The fourth-order valence-corrected chi connectivity index (χ4v) is 1.05. The lowest BCUT2D eigenvalue weighted by Gasteiger charge is -1.93. The van der Waals surface area contributed by atoms with Crippen LogP contribution in [0.25, 0.3) is 0 Å². The molecule has 0 heterocycles. The van der Waals surface area contributed by atoms with Crippen LogP contribution in [0.15, 0.2) is 59.9 Å². The van der Waals surface area contributed by atoms with Gasteiger partial charge in [0.25, 0.3) is 0 Å². The van der Waals surface area contributed by atoms with Crippen LogP contribution in [0.2, 0.25) is 0 Å². The molecule has 7 heteroatoms. The molecule has 0 spiro atoms. The third-order valence-electron chi connectivity index (χ3n) is 1.88. The van der Waals surface area contributed by atoms with E-state index >= 15 is 0 Å². The maximum Gasteiger partial charge on any atom is 0.248 e. The van der Waals surface area contributed by atoms with E-state index in [9.17, 15) is 14.8 Å². The minimum atomic E-state index is -0.121. The normalized spacial score (nSPS) is 13.4. The first-order chi connectivity index (χ1) is 8.63. The zero-order chi connectivity index (χ0) is 13.4. The van der Waals surface area contributed by atoms with Crippen molar-refractivity contribution >= 4 is 34.6 Å². The predicted octanol–water partition coefficient (Wildman–Crippen LogP) is 1.54. The van der Waals surface area contributed by atoms with Crippen LogP contribution in [-0.4, -0.2) is 39.0 Å². The Morgan fingerprint density at radius 3 is 1.74 bits per heavy atom. The van der Waals surface area contributed by atoms with Gasteiger partial charge in [-0.1, -0.05) is 18.2 Å². The van der Waals surface area contributed by atoms with E-state index in [1.54, 1.807) is 30.3 Å². The number of rotatable bonds is 1. The number of ketones is 2. The number of carbonyl (C=O) groups is 2. The average molecular weight is 273 g/mol. The van der Waals surface area contributed by atoms with Gasteiger partial charge in [0.05, 0.1) is 0 Å². The Bertz CT molecular complexity index is 486. The first kappa shape index (κ1) is 16.8. The van der Waals surface area contributed by atoms with Gasteiger partial charge >= 0.3 is 0 Å². The minimum Gasteiger partial charge on any atom is -0.592 e. The molecule has 0 saturated heterocycles. The van der Waals surface area contributed by atoms with Gasteiger partial charge < -0.3 is 10.4 Å². The van der Waals surface area contributed by atoms with Gasteiger partial charge in [0.2, 0.25) is 11.0 Å². The van der Waals surface area contributed by atoms with Crippen molar-refractivity contribution in [1.29, 1.82) is 0 Å². The van der Waals surface area contributed by atoms with E-state index < -0.39 is 0 Å². The smallest absolute Gasteiger partial charge is 0.248 e. The van der Waals surface area contributed by atoms with Crippen LogP contribution in [0.4, 0.5) is 5.69 Å².